The van der Waals surface area contributed by atoms with Crippen LogP contribution in [0.1, 0.15) is 12.5 Å². The summed E-state index contributed by atoms with van der Waals surface area (Å²) in [5.41, 5.74) is 1.66. The van der Waals surface area contributed by atoms with Crippen molar-refractivity contribution >= 4 is 33.2 Å². The number of aryl methyl sites for hydroxylation is 1. The van der Waals surface area contributed by atoms with E-state index in [9.17, 15) is 13.2 Å². The highest BCUT2D eigenvalue weighted by Gasteiger charge is 2.31. The fraction of sp³-hybridized carbons (Fsp3) is 0.350. The molecule has 1 amide bonds. The van der Waals surface area contributed by atoms with Gasteiger partial charge in [0.15, 0.2) is 0 Å². The van der Waals surface area contributed by atoms with Gasteiger partial charge in [0.05, 0.1) is 10.9 Å². The lowest BCUT2D eigenvalue weighted by atomic mass is 10.2. The SMILES string of the molecule is Cc1ccc(S(=O)(=O)N2CCN([C@H](C)C(=O)Nc3cccc(Cl)c3)CC2)cc1. The molecule has 1 aliphatic heterocycles. The molecule has 1 N–H and O–H groups in total. The Kier molecular flexibility index (Phi) is 6.40. The smallest absolute Gasteiger partial charge is 0.243 e. The summed E-state index contributed by atoms with van der Waals surface area (Å²) >= 11 is 5.95. The van der Waals surface area contributed by atoms with Gasteiger partial charge in [0.25, 0.3) is 0 Å². The first-order valence-corrected chi connectivity index (χ1v) is 11.0. The van der Waals surface area contributed by atoms with E-state index in [0.717, 1.165) is 5.56 Å². The second-order valence-electron chi connectivity index (χ2n) is 6.93. The van der Waals surface area contributed by atoms with Gasteiger partial charge in [0.2, 0.25) is 15.9 Å². The van der Waals surface area contributed by atoms with E-state index >= 15 is 0 Å². The van der Waals surface area contributed by atoms with Crippen molar-refractivity contribution in [3.63, 3.8) is 0 Å². The van der Waals surface area contributed by atoms with Gasteiger partial charge < -0.3 is 5.32 Å². The topological polar surface area (TPSA) is 69.7 Å². The van der Waals surface area contributed by atoms with E-state index in [0.29, 0.717) is 41.8 Å². The van der Waals surface area contributed by atoms with Crippen LogP contribution in [0.25, 0.3) is 0 Å². The Hall–Kier alpha value is -1.93. The third-order valence-electron chi connectivity index (χ3n) is 4.95. The average molecular weight is 422 g/mol. The number of carbonyl (C=O) groups is 1. The fourth-order valence-corrected chi connectivity index (χ4v) is 4.78. The first kappa shape index (κ1) is 20.8. The normalized spacial score (nSPS) is 17.2. The Bertz CT molecular complexity index is 939. The molecule has 1 atom stereocenters. The molecule has 6 nitrogen and oxygen atoms in total. The van der Waals surface area contributed by atoms with Gasteiger partial charge in [-0.05, 0) is 44.2 Å². The predicted octanol–water partition coefficient (Wildman–Crippen LogP) is 2.98. The van der Waals surface area contributed by atoms with Crippen LogP contribution in [0.15, 0.2) is 53.4 Å². The van der Waals surface area contributed by atoms with Gasteiger partial charge >= 0.3 is 0 Å². The van der Waals surface area contributed by atoms with Crippen LogP contribution in [0.3, 0.4) is 0 Å². The zero-order chi connectivity index (χ0) is 20.3. The van der Waals surface area contributed by atoms with Crippen LogP contribution in [0.5, 0.6) is 0 Å². The van der Waals surface area contributed by atoms with Crippen molar-refractivity contribution in [1.82, 2.24) is 9.21 Å². The highest BCUT2D eigenvalue weighted by atomic mass is 35.5. The Morgan fingerprint density at radius 3 is 2.32 bits per heavy atom. The largest absolute Gasteiger partial charge is 0.325 e. The molecule has 150 valence electrons. The molecule has 1 saturated heterocycles. The Labute approximate surface area is 171 Å². The van der Waals surface area contributed by atoms with Gasteiger partial charge in [-0.25, -0.2) is 8.42 Å². The number of halogens is 1. The summed E-state index contributed by atoms with van der Waals surface area (Å²) in [7, 11) is -3.51. The van der Waals surface area contributed by atoms with Crippen molar-refractivity contribution in [1.29, 1.82) is 0 Å². The van der Waals surface area contributed by atoms with Crippen molar-refractivity contribution in [3.05, 3.63) is 59.1 Å². The Balaban J connectivity index is 1.59. The molecule has 28 heavy (non-hydrogen) atoms. The average Bonchev–Trinajstić information content (AvgIpc) is 2.68. The number of carbonyl (C=O) groups excluding carboxylic acids is 1. The quantitative estimate of drug-likeness (QED) is 0.805. The maximum absolute atomic E-state index is 12.8. The number of nitrogens with one attached hydrogen (secondary N) is 1. The van der Waals surface area contributed by atoms with Crippen LogP contribution in [-0.2, 0) is 14.8 Å². The third kappa shape index (κ3) is 4.72. The number of hydrogen-bond donors (Lipinski definition) is 1. The van der Waals surface area contributed by atoms with Crippen LogP contribution in [0.2, 0.25) is 5.02 Å². The van der Waals surface area contributed by atoms with E-state index < -0.39 is 10.0 Å². The second-order valence-corrected chi connectivity index (χ2v) is 9.30. The molecule has 0 bridgehead atoms. The Morgan fingerprint density at radius 1 is 1.07 bits per heavy atom. The van der Waals surface area contributed by atoms with Gasteiger partial charge in [-0.3, -0.25) is 9.69 Å². The van der Waals surface area contributed by atoms with Crippen LogP contribution in [-0.4, -0.2) is 55.8 Å². The van der Waals surface area contributed by atoms with Gasteiger partial charge in [0, 0.05) is 36.9 Å². The number of hydrogen-bond acceptors (Lipinski definition) is 4. The molecule has 3 rings (SSSR count). The van der Waals surface area contributed by atoms with Gasteiger partial charge in [-0.15, -0.1) is 0 Å². The van der Waals surface area contributed by atoms with Crippen LogP contribution in [0.4, 0.5) is 5.69 Å². The van der Waals surface area contributed by atoms with Crippen LogP contribution >= 0.6 is 11.6 Å². The maximum Gasteiger partial charge on any atom is 0.243 e. The van der Waals surface area contributed by atoms with Crippen molar-refractivity contribution < 1.29 is 13.2 Å². The lowest BCUT2D eigenvalue weighted by Gasteiger charge is -2.36. The zero-order valence-electron chi connectivity index (χ0n) is 15.9. The summed E-state index contributed by atoms with van der Waals surface area (Å²) in [4.78, 5) is 14.8. The highest BCUT2D eigenvalue weighted by molar-refractivity contribution is 7.89. The molecule has 0 radical (unpaired) electrons. The lowest BCUT2D eigenvalue weighted by molar-refractivity contribution is -0.121. The van der Waals surface area contributed by atoms with Gasteiger partial charge in [-0.1, -0.05) is 35.4 Å². The van der Waals surface area contributed by atoms with Crippen molar-refractivity contribution in [2.24, 2.45) is 0 Å². The number of amides is 1. The summed E-state index contributed by atoms with van der Waals surface area (Å²) in [6.07, 6.45) is 0. The van der Waals surface area contributed by atoms with Crippen molar-refractivity contribution in [2.45, 2.75) is 24.8 Å². The summed E-state index contributed by atoms with van der Waals surface area (Å²) in [6, 6.07) is 13.5. The molecule has 2 aromatic rings. The molecule has 2 aromatic carbocycles. The molecule has 0 aromatic heterocycles. The van der Waals surface area contributed by atoms with Gasteiger partial charge in [-0.2, -0.15) is 4.31 Å². The minimum Gasteiger partial charge on any atom is -0.325 e. The van der Waals surface area contributed by atoms with E-state index in [-0.39, 0.29) is 11.9 Å². The third-order valence-corrected chi connectivity index (χ3v) is 7.10. The Morgan fingerprint density at radius 2 is 1.71 bits per heavy atom. The van der Waals surface area contributed by atoms with Crippen molar-refractivity contribution in [3.8, 4) is 0 Å². The molecule has 1 aliphatic rings. The highest BCUT2D eigenvalue weighted by Crippen LogP contribution is 2.20. The molecule has 1 fully saturated rings. The molecule has 1 heterocycles. The molecule has 0 saturated carbocycles. The summed E-state index contributed by atoms with van der Waals surface area (Å²) < 4.78 is 27.1. The standard InChI is InChI=1S/C20H24ClN3O3S/c1-15-6-8-19(9-7-15)28(26,27)24-12-10-23(11-13-24)16(2)20(25)22-18-5-3-4-17(21)14-18/h3-9,14,16H,10-13H2,1-2H3,(H,22,25)/t16-/m1/s1. The van der Waals surface area contributed by atoms with Crippen molar-refractivity contribution in [2.75, 3.05) is 31.5 Å². The first-order chi connectivity index (χ1) is 13.3. The van der Waals surface area contributed by atoms with E-state index in [1.54, 1.807) is 48.5 Å². The lowest BCUT2D eigenvalue weighted by Crippen LogP contribution is -2.53. The first-order valence-electron chi connectivity index (χ1n) is 9.15. The van der Waals surface area contributed by atoms with E-state index in [1.807, 2.05) is 18.7 Å². The van der Waals surface area contributed by atoms with Crippen LogP contribution in [0, 0.1) is 6.92 Å². The number of anilines is 1. The van der Waals surface area contributed by atoms with E-state index in [4.69, 9.17) is 11.6 Å². The van der Waals surface area contributed by atoms with Gasteiger partial charge in [0.1, 0.15) is 0 Å². The van der Waals surface area contributed by atoms with Crippen LogP contribution < -0.4 is 5.32 Å². The maximum atomic E-state index is 12.8. The number of benzene rings is 2. The minimum absolute atomic E-state index is 0.142. The zero-order valence-corrected chi connectivity index (χ0v) is 17.5. The number of rotatable bonds is 5. The molecule has 0 unspecified atom stereocenters. The second kappa shape index (κ2) is 8.61. The monoisotopic (exact) mass is 421 g/mol. The molecule has 8 heteroatoms. The summed E-state index contributed by atoms with van der Waals surface area (Å²) in [6.45, 7) is 5.44. The molecule has 0 aliphatic carbocycles. The predicted molar refractivity (Wildman–Crippen MR) is 111 cm³/mol. The summed E-state index contributed by atoms with van der Waals surface area (Å²) in [5.74, 6) is -0.142. The molecular weight excluding hydrogens is 398 g/mol. The van der Waals surface area contributed by atoms with E-state index in [1.165, 1.54) is 4.31 Å². The summed E-state index contributed by atoms with van der Waals surface area (Å²) in [5, 5.41) is 3.41. The number of sulfonamides is 1. The molecular formula is C20H24ClN3O3S. The molecule has 0 spiro atoms. The fourth-order valence-electron chi connectivity index (χ4n) is 3.17. The number of piperazine rings is 1. The van der Waals surface area contributed by atoms with E-state index in [2.05, 4.69) is 5.32 Å². The number of nitrogens with zero attached hydrogens (tertiary/aromatic N) is 2. The minimum atomic E-state index is -3.51.